The highest BCUT2D eigenvalue weighted by atomic mass is 14.6. The van der Waals surface area contributed by atoms with E-state index >= 15 is 0 Å². The maximum absolute atomic E-state index is 6.21. The zero-order chi connectivity index (χ0) is 20.6. The highest BCUT2D eigenvalue weighted by Gasteiger charge is 2.21. The molecule has 0 fully saturated rings. The van der Waals surface area contributed by atoms with Crippen molar-refractivity contribution < 1.29 is 0 Å². The lowest BCUT2D eigenvalue weighted by molar-refractivity contribution is 0.707. The second-order valence-electron chi connectivity index (χ2n) is 9.23. The summed E-state index contributed by atoms with van der Waals surface area (Å²) in [7, 11) is 0. The van der Waals surface area contributed by atoms with E-state index in [1.54, 1.807) is 11.1 Å². The van der Waals surface area contributed by atoms with Crippen LogP contribution < -0.4 is 11.5 Å². The molecule has 0 bridgehead atoms. The van der Waals surface area contributed by atoms with Crippen molar-refractivity contribution in [3.63, 3.8) is 0 Å². The minimum atomic E-state index is 0.199. The Balaban J connectivity index is 2.08. The van der Waals surface area contributed by atoms with Gasteiger partial charge in [0.05, 0.1) is 0 Å². The van der Waals surface area contributed by atoms with Crippen LogP contribution in [0.2, 0.25) is 0 Å². The molecule has 0 saturated carbocycles. The Labute approximate surface area is 171 Å². The van der Waals surface area contributed by atoms with E-state index in [0.29, 0.717) is 0 Å². The Bertz CT molecular complexity index is 801. The summed E-state index contributed by atoms with van der Waals surface area (Å²) in [5.41, 5.74) is 27.3. The summed E-state index contributed by atoms with van der Waals surface area (Å²) >= 11 is 0. The minimum Gasteiger partial charge on any atom is -0.328 e. The van der Waals surface area contributed by atoms with Gasteiger partial charge in [-0.25, -0.2) is 0 Å². The van der Waals surface area contributed by atoms with Crippen molar-refractivity contribution in [1.29, 1.82) is 0 Å². The average Bonchev–Trinajstić information content (AvgIpc) is 2.59. The first-order valence-corrected chi connectivity index (χ1v) is 10.9. The SMILES string of the molecule is Cc1cc2c(c(CC(C)N)c1C)CCc1cc(C)c(C)c(CC(C)N)c1CC2. The third-order valence-corrected chi connectivity index (χ3v) is 6.71. The number of hydrogen-bond acceptors (Lipinski definition) is 2. The molecule has 4 N–H and O–H groups in total. The summed E-state index contributed by atoms with van der Waals surface area (Å²) in [6.45, 7) is 13.3. The third kappa shape index (κ3) is 4.18. The molecule has 2 aromatic carbocycles. The van der Waals surface area contributed by atoms with Crippen molar-refractivity contribution in [3.8, 4) is 0 Å². The lowest BCUT2D eigenvalue weighted by Gasteiger charge is -2.26. The average molecular weight is 379 g/mol. The van der Waals surface area contributed by atoms with Crippen LogP contribution in [0.1, 0.15) is 69.5 Å². The van der Waals surface area contributed by atoms with E-state index in [9.17, 15) is 0 Å². The summed E-state index contributed by atoms with van der Waals surface area (Å²) in [6.07, 6.45) is 6.42. The molecule has 2 aromatic rings. The van der Waals surface area contributed by atoms with Crippen molar-refractivity contribution in [1.82, 2.24) is 0 Å². The molecule has 1 aliphatic carbocycles. The van der Waals surface area contributed by atoms with Gasteiger partial charge in [0, 0.05) is 12.1 Å². The van der Waals surface area contributed by atoms with Crippen molar-refractivity contribution in [2.24, 2.45) is 11.5 Å². The second kappa shape index (κ2) is 8.39. The quantitative estimate of drug-likeness (QED) is 0.818. The van der Waals surface area contributed by atoms with Crippen molar-refractivity contribution in [2.75, 3.05) is 0 Å². The second-order valence-corrected chi connectivity index (χ2v) is 9.23. The highest BCUT2D eigenvalue weighted by molar-refractivity contribution is 5.51. The van der Waals surface area contributed by atoms with E-state index in [4.69, 9.17) is 11.5 Å². The van der Waals surface area contributed by atoms with Crippen LogP contribution in [0.15, 0.2) is 12.1 Å². The van der Waals surface area contributed by atoms with E-state index in [1.807, 2.05) is 0 Å². The molecule has 1 aliphatic rings. The van der Waals surface area contributed by atoms with Crippen LogP contribution >= 0.6 is 0 Å². The molecule has 0 amide bonds. The fourth-order valence-corrected chi connectivity index (χ4v) is 5.01. The zero-order valence-electron chi connectivity index (χ0n) is 18.7. The topological polar surface area (TPSA) is 52.0 Å². The predicted molar refractivity (Wildman–Crippen MR) is 121 cm³/mol. The molecule has 0 spiro atoms. The Morgan fingerprint density at radius 3 is 1.36 bits per heavy atom. The molecular weight excluding hydrogens is 340 g/mol. The molecule has 2 unspecified atom stereocenters. The Kier molecular flexibility index (Phi) is 6.31. The van der Waals surface area contributed by atoms with Gasteiger partial charge < -0.3 is 11.5 Å². The molecule has 2 nitrogen and oxygen atoms in total. The van der Waals surface area contributed by atoms with Crippen LogP contribution in [0.3, 0.4) is 0 Å². The zero-order valence-corrected chi connectivity index (χ0v) is 18.7. The van der Waals surface area contributed by atoms with E-state index in [0.717, 1.165) is 38.5 Å². The minimum absolute atomic E-state index is 0.199. The van der Waals surface area contributed by atoms with Gasteiger partial charge >= 0.3 is 0 Å². The first kappa shape index (κ1) is 21.1. The molecule has 3 rings (SSSR count). The van der Waals surface area contributed by atoms with Gasteiger partial charge in [0.15, 0.2) is 0 Å². The number of aryl methyl sites for hydroxylation is 4. The predicted octanol–water partition coefficient (Wildman–Crippen LogP) is 4.58. The summed E-state index contributed by atoms with van der Waals surface area (Å²) in [4.78, 5) is 0. The first-order valence-electron chi connectivity index (χ1n) is 10.9. The molecule has 2 atom stereocenters. The van der Waals surface area contributed by atoms with Gasteiger partial charge in [-0.15, -0.1) is 0 Å². The Hall–Kier alpha value is -1.64. The van der Waals surface area contributed by atoms with Crippen LogP contribution in [0.4, 0.5) is 0 Å². The Morgan fingerprint density at radius 1 is 0.679 bits per heavy atom. The van der Waals surface area contributed by atoms with Crippen LogP contribution in [-0.4, -0.2) is 12.1 Å². The lowest BCUT2D eigenvalue weighted by atomic mass is 9.79. The van der Waals surface area contributed by atoms with Crippen LogP contribution in [0, 0.1) is 27.7 Å². The highest BCUT2D eigenvalue weighted by Crippen LogP contribution is 2.32. The maximum Gasteiger partial charge on any atom is 0.00511 e. The lowest BCUT2D eigenvalue weighted by Crippen LogP contribution is -2.23. The summed E-state index contributed by atoms with van der Waals surface area (Å²) < 4.78 is 0. The molecule has 0 radical (unpaired) electrons. The third-order valence-electron chi connectivity index (χ3n) is 6.71. The van der Waals surface area contributed by atoms with Crippen LogP contribution in [0.5, 0.6) is 0 Å². The smallest absolute Gasteiger partial charge is 0.00511 e. The number of nitrogens with two attached hydrogens (primary N) is 2. The standard InChI is InChI=1S/C26H38N2/c1-15-11-21-7-9-24-22(12-16(2)20(6)26(24)14-18(4)28)8-10-23(21)25(19(15)5)13-17(3)27/h11-12,17-18H,7-10,13-14,27-28H2,1-6H3. The van der Waals surface area contributed by atoms with Gasteiger partial charge in [-0.2, -0.15) is 0 Å². The van der Waals surface area contributed by atoms with Crippen molar-refractivity contribution in [3.05, 3.63) is 67.8 Å². The first-order chi connectivity index (χ1) is 13.2. The molecule has 0 aliphatic heterocycles. The summed E-state index contributed by atoms with van der Waals surface area (Å²) in [6, 6.07) is 5.27. The largest absolute Gasteiger partial charge is 0.328 e. The van der Waals surface area contributed by atoms with E-state index in [1.165, 1.54) is 44.5 Å². The molecule has 0 saturated heterocycles. The normalized spacial score (nSPS) is 16.0. The summed E-state index contributed by atoms with van der Waals surface area (Å²) in [5.74, 6) is 0. The van der Waals surface area contributed by atoms with Crippen molar-refractivity contribution in [2.45, 2.75) is 92.2 Å². The van der Waals surface area contributed by atoms with Crippen LogP contribution in [-0.2, 0) is 38.5 Å². The van der Waals surface area contributed by atoms with Gasteiger partial charge in [0.1, 0.15) is 0 Å². The Morgan fingerprint density at radius 2 is 1.04 bits per heavy atom. The summed E-state index contributed by atoms with van der Waals surface area (Å²) in [5, 5.41) is 0. The van der Waals surface area contributed by atoms with E-state index in [2.05, 4.69) is 53.7 Å². The molecule has 0 aromatic heterocycles. The van der Waals surface area contributed by atoms with E-state index in [-0.39, 0.29) is 12.1 Å². The monoisotopic (exact) mass is 378 g/mol. The molecule has 152 valence electrons. The fraction of sp³-hybridized carbons (Fsp3) is 0.538. The van der Waals surface area contributed by atoms with E-state index < -0.39 is 0 Å². The molecular formula is C26H38N2. The molecule has 28 heavy (non-hydrogen) atoms. The molecule has 0 heterocycles. The number of hydrogen-bond donors (Lipinski definition) is 2. The number of benzene rings is 2. The number of rotatable bonds is 4. The number of fused-ring (bicyclic) bond motifs is 2. The van der Waals surface area contributed by atoms with Gasteiger partial charge in [-0.05, 0) is 136 Å². The molecule has 2 heteroatoms. The van der Waals surface area contributed by atoms with Gasteiger partial charge in [0.25, 0.3) is 0 Å². The fourth-order valence-electron chi connectivity index (χ4n) is 5.01. The van der Waals surface area contributed by atoms with Gasteiger partial charge in [-0.1, -0.05) is 12.1 Å². The van der Waals surface area contributed by atoms with Crippen LogP contribution in [0.25, 0.3) is 0 Å². The van der Waals surface area contributed by atoms with Crippen molar-refractivity contribution >= 4 is 0 Å². The van der Waals surface area contributed by atoms with Gasteiger partial charge in [0.2, 0.25) is 0 Å². The maximum atomic E-state index is 6.21. The van der Waals surface area contributed by atoms with Gasteiger partial charge in [-0.3, -0.25) is 0 Å².